The van der Waals surface area contributed by atoms with E-state index in [-0.39, 0.29) is 6.04 Å². The van der Waals surface area contributed by atoms with Crippen LogP contribution in [0.5, 0.6) is 11.5 Å². The molecule has 7 nitrogen and oxygen atoms in total. The zero-order valence-electron chi connectivity index (χ0n) is 17.9. The Morgan fingerprint density at radius 2 is 1.89 bits per heavy atom. The van der Waals surface area contributed by atoms with Crippen LogP contribution < -0.4 is 20.1 Å². The first kappa shape index (κ1) is 21.6. The Balaban J connectivity index is 1.86. The van der Waals surface area contributed by atoms with Crippen LogP contribution in [0.25, 0.3) is 0 Å². The quantitative estimate of drug-likeness (QED) is 0.393. The second-order valence-corrected chi connectivity index (χ2v) is 6.81. The van der Waals surface area contributed by atoms with Gasteiger partial charge in [0.05, 0.1) is 19.3 Å². The highest BCUT2D eigenvalue weighted by atomic mass is 16.5. The average Bonchev–Trinajstić information content (AvgIpc) is 2.91. The van der Waals surface area contributed by atoms with Gasteiger partial charge in [-0.2, -0.15) is 5.10 Å². The lowest BCUT2D eigenvalue weighted by Gasteiger charge is -2.18. The molecule has 0 radical (unpaired) electrons. The maximum atomic E-state index is 5.74. The molecule has 1 atom stereocenters. The van der Waals surface area contributed by atoms with Gasteiger partial charge in [-0.25, -0.2) is 4.99 Å². The number of methoxy groups -OCH3 is 1. The number of nitrogens with zero attached hydrogens (tertiary/aromatic N) is 3. The number of aryl methyl sites for hydroxylation is 2. The Bertz CT molecular complexity index is 768. The average molecular weight is 388 g/mol. The molecule has 154 valence electrons. The van der Waals surface area contributed by atoms with E-state index < -0.39 is 0 Å². The Labute approximate surface area is 168 Å². The van der Waals surface area contributed by atoms with E-state index in [0.717, 1.165) is 36.1 Å². The number of ether oxygens (including phenoxy) is 2. The van der Waals surface area contributed by atoms with E-state index in [2.05, 4.69) is 48.4 Å². The van der Waals surface area contributed by atoms with Crippen LogP contribution >= 0.6 is 0 Å². The second-order valence-electron chi connectivity index (χ2n) is 6.81. The maximum Gasteiger partial charge on any atom is 0.191 e. The summed E-state index contributed by atoms with van der Waals surface area (Å²) in [7, 11) is 3.63. The number of hydrogen-bond donors (Lipinski definition) is 2. The molecular formula is C21H33N5O2. The van der Waals surface area contributed by atoms with Crippen LogP contribution in [0.15, 0.2) is 29.3 Å². The Kier molecular flexibility index (Phi) is 8.17. The van der Waals surface area contributed by atoms with Gasteiger partial charge in [0, 0.05) is 25.3 Å². The topological polar surface area (TPSA) is 72.7 Å². The van der Waals surface area contributed by atoms with Gasteiger partial charge in [-0.05, 0) is 63.9 Å². The second kappa shape index (κ2) is 10.6. The Morgan fingerprint density at radius 1 is 1.21 bits per heavy atom. The minimum atomic E-state index is 0.238. The van der Waals surface area contributed by atoms with Crippen LogP contribution in [0.3, 0.4) is 0 Å². The molecule has 0 aliphatic heterocycles. The van der Waals surface area contributed by atoms with Crippen LogP contribution in [-0.4, -0.2) is 48.6 Å². The van der Waals surface area contributed by atoms with Crippen molar-refractivity contribution in [2.24, 2.45) is 12.0 Å². The van der Waals surface area contributed by atoms with Gasteiger partial charge in [-0.1, -0.05) is 0 Å². The lowest BCUT2D eigenvalue weighted by Crippen LogP contribution is -2.43. The van der Waals surface area contributed by atoms with E-state index in [1.165, 1.54) is 11.3 Å². The minimum Gasteiger partial charge on any atom is -0.497 e. The van der Waals surface area contributed by atoms with Gasteiger partial charge in [0.1, 0.15) is 18.1 Å². The molecule has 0 aliphatic carbocycles. The summed E-state index contributed by atoms with van der Waals surface area (Å²) in [6.45, 7) is 10.3. The number of aromatic nitrogens is 2. The molecule has 28 heavy (non-hydrogen) atoms. The molecule has 0 spiro atoms. The van der Waals surface area contributed by atoms with Crippen LogP contribution in [0.2, 0.25) is 0 Å². The summed E-state index contributed by atoms with van der Waals surface area (Å²) in [5.74, 6) is 2.43. The normalized spacial score (nSPS) is 12.6. The van der Waals surface area contributed by atoms with Gasteiger partial charge in [0.2, 0.25) is 0 Å². The molecule has 2 rings (SSSR count). The SMILES string of the molecule is CCNC(=NCCOc1ccc(OC)cc1)NC(C)Cc1c(C)nn(C)c1C. The van der Waals surface area contributed by atoms with Crippen LogP contribution in [0.1, 0.15) is 30.8 Å². The number of nitrogens with one attached hydrogen (secondary N) is 2. The van der Waals surface area contributed by atoms with Crippen molar-refractivity contribution in [1.29, 1.82) is 0 Å². The van der Waals surface area contributed by atoms with Gasteiger partial charge < -0.3 is 20.1 Å². The molecule has 2 N–H and O–H groups in total. The monoisotopic (exact) mass is 387 g/mol. The van der Waals surface area contributed by atoms with Crippen LogP contribution in [0, 0.1) is 13.8 Å². The van der Waals surface area contributed by atoms with E-state index in [0.29, 0.717) is 13.2 Å². The maximum absolute atomic E-state index is 5.74. The summed E-state index contributed by atoms with van der Waals surface area (Å²) in [6, 6.07) is 7.80. The zero-order chi connectivity index (χ0) is 20.5. The number of guanidine groups is 1. The molecule has 0 saturated heterocycles. The fourth-order valence-electron chi connectivity index (χ4n) is 3.02. The summed E-state index contributed by atoms with van der Waals surface area (Å²) >= 11 is 0. The molecule has 1 unspecified atom stereocenters. The summed E-state index contributed by atoms with van der Waals surface area (Å²) in [6.07, 6.45) is 0.901. The highest BCUT2D eigenvalue weighted by molar-refractivity contribution is 5.80. The predicted molar refractivity (Wildman–Crippen MR) is 113 cm³/mol. The van der Waals surface area contributed by atoms with Crippen molar-refractivity contribution in [3.63, 3.8) is 0 Å². The van der Waals surface area contributed by atoms with Crippen LogP contribution in [0.4, 0.5) is 0 Å². The highest BCUT2D eigenvalue weighted by Crippen LogP contribution is 2.17. The Morgan fingerprint density at radius 3 is 2.46 bits per heavy atom. The van der Waals surface area contributed by atoms with Crippen molar-refractivity contribution >= 4 is 5.96 Å². The molecule has 1 aromatic carbocycles. The zero-order valence-corrected chi connectivity index (χ0v) is 17.9. The minimum absolute atomic E-state index is 0.238. The summed E-state index contributed by atoms with van der Waals surface area (Å²) in [5.41, 5.74) is 3.59. The number of rotatable bonds is 9. The molecular weight excluding hydrogens is 354 g/mol. The van der Waals surface area contributed by atoms with Gasteiger partial charge >= 0.3 is 0 Å². The first-order valence-electron chi connectivity index (χ1n) is 9.75. The van der Waals surface area contributed by atoms with E-state index in [1.54, 1.807) is 7.11 Å². The van der Waals surface area contributed by atoms with E-state index in [4.69, 9.17) is 9.47 Å². The molecule has 1 aromatic heterocycles. The molecule has 0 amide bonds. The summed E-state index contributed by atoms with van der Waals surface area (Å²) in [5, 5.41) is 11.3. The molecule has 0 fully saturated rings. The number of hydrogen-bond acceptors (Lipinski definition) is 4. The van der Waals surface area contributed by atoms with Crippen LogP contribution in [-0.2, 0) is 13.5 Å². The van der Waals surface area contributed by atoms with Crippen molar-refractivity contribution in [2.45, 2.75) is 40.2 Å². The van der Waals surface area contributed by atoms with Crippen molar-refractivity contribution < 1.29 is 9.47 Å². The van der Waals surface area contributed by atoms with Gasteiger partial charge in [0.15, 0.2) is 5.96 Å². The summed E-state index contributed by atoms with van der Waals surface area (Å²) < 4.78 is 12.8. The lowest BCUT2D eigenvalue weighted by molar-refractivity contribution is 0.327. The fraction of sp³-hybridized carbons (Fsp3) is 0.524. The Hall–Kier alpha value is -2.70. The molecule has 0 bridgehead atoms. The smallest absolute Gasteiger partial charge is 0.191 e. The van der Waals surface area contributed by atoms with Crippen molar-refractivity contribution in [1.82, 2.24) is 20.4 Å². The first-order valence-corrected chi connectivity index (χ1v) is 9.75. The number of aliphatic imine (C=N–C) groups is 1. The lowest BCUT2D eigenvalue weighted by atomic mass is 10.1. The molecule has 0 aliphatic rings. The third-order valence-corrected chi connectivity index (χ3v) is 4.59. The van der Waals surface area contributed by atoms with Gasteiger partial charge in [-0.15, -0.1) is 0 Å². The highest BCUT2D eigenvalue weighted by Gasteiger charge is 2.13. The summed E-state index contributed by atoms with van der Waals surface area (Å²) in [4.78, 5) is 4.62. The molecule has 1 heterocycles. The predicted octanol–water partition coefficient (Wildman–Crippen LogP) is 2.61. The van der Waals surface area contributed by atoms with E-state index >= 15 is 0 Å². The fourth-order valence-corrected chi connectivity index (χ4v) is 3.02. The first-order chi connectivity index (χ1) is 13.4. The molecule has 0 saturated carbocycles. The van der Waals surface area contributed by atoms with Crippen molar-refractivity contribution in [3.05, 3.63) is 41.2 Å². The molecule has 2 aromatic rings. The largest absolute Gasteiger partial charge is 0.497 e. The van der Waals surface area contributed by atoms with E-state index in [9.17, 15) is 0 Å². The van der Waals surface area contributed by atoms with Gasteiger partial charge in [0.25, 0.3) is 0 Å². The van der Waals surface area contributed by atoms with Crippen molar-refractivity contribution in [2.75, 3.05) is 26.8 Å². The molecule has 7 heteroatoms. The van der Waals surface area contributed by atoms with E-state index in [1.807, 2.05) is 36.0 Å². The number of benzene rings is 1. The van der Waals surface area contributed by atoms with Gasteiger partial charge in [-0.3, -0.25) is 4.68 Å². The third kappa shape index (κ3) is 6.18. The van der Waals surface area contributed by atoms with Crippen molar-refractivity contribution in [3.8, 4) is 11.5 Å². The standard InChI is InChI=1S/C21H33N5O2/c1-7-22-21(23-12-13-28-19-10-8-18(27-6)9-11-19)24-15(2)14-20-16(3)25-26(5)17(20)4/h8-11,15H,7,12-14H2,1-6H3,(H2,22,23,24). The third-order valence-electron chi connectivity index (χ3n) is 4.59.